The van der Waals surface area contributed by atoms with Gasteiger partial charge in [0.25, 0.3) is 0 Å². The first-order chi connectivity index (χ1) is 6.21. The normalized spacial score (nSPS) is 13.5. The van der Waals surface area contributed by atoms with Gasteiger partial charge in [-0.3, -0.25) is 9.69 Å². The molecule has 0 aromatic rings. The molecule has 0 spiro atoms. The standard InChI is InChI=1S/C9H16FNO3/c1-5-6(7(10)12)11(8(13)14)9(2,3)4/h6H,5H2,1-4H3,(H,13,14). The van der Waals surface area contributed by atoms with Gasteiger partial charge in [0.1, 0.15) is 6.04 Å². The Balaban J connectivity index is 4.99. The van der Waals surface area contributed by atoms with E-state index in [1.165, 1.54) is 0 Å². The van der Waals surface area contributed by atoms with E-state index in [1.54, 1.807) is 27.7 Å². The van der Waals surface area contributed by atoms with Crippen LogP contribution < -0.4 is 0 Å². The maximum atomic E-state index is 12.6. The van der Waals surface area contributed by atoms with Crippen LogP contribution in [0.2, 0.25) is 0 Å². The Morgan fingerprint density at radius 1 is 1.43 bits per heavy atom. The molecule has 82 valence electrons. The highest BCUT2D eigenvalue weighted by atomic mass is 19.1. The van der Waals surface area contributed by atoms with Crippen molar-refractivity contribution in [1.82, 2.24) is 4.90 Å². The molecule has 14 heavy (non-hydrogen) atoms. The number of nitrogens with zero attached hydrogens (tertiary/aromatic N) is 1. The Morgan fingerprint density at radius 2 is 1.86 bits per heavy atom. The number of amides is 1. The molecule has 4 nitrogen and oxygen atoms in total. The van der Waals surface area contributed by atoms with Crippen molar-refractivity contribution in [2.24, 2.45) is 0 Å². The van der Waals surface area contributed by atoms with Gasteiger partial charge in [0.05, 0.1) is 0 Å². The minimum absolute atomic E-state index is 0.138. The van der Waals surface area contributed by atoms with E-state index >= 15 is 0 Å². The van der Waals surface area contributed by atoms with E-state index in [0.717, 1.165) is 4.90 Å². The molecule has 1 N–H and O–H groups in total. The van der Waals surface area contributed by atoms with Gasteiger partial charge in [0.15, 0.2) is 0 Å². The third-order valence-electron chi connectivity index (χ3n) is 1.89. The molecule has 5 heteroatoms. The molecule has 0 aliphatic rings. The van der Waals surface area contributed by atoms with Crippen LogP contribution in [0.15, 0.2) is 0 Å². The minimum Gasteiger partial charge on any atom is -0.465 e. The van der Waals surface area contributed by atoms with E-state index in [2.05, 4.69) is 0 Å². The quantitative estimate of drug-likeness (QED) is 0.717. The van der Waals surface area contributed by atoms with Gasteiger partial charge in [-0.05, 0) is 27.2 Å². The van der Waals surface area contributed by atoms with Crippen LogP contribution in [-0.4, -0.2) is 33.7 Å². The molecule has 0 aromatic heterocycles. The lowest BCUT2D eigenvalue weighted by molar-refractivity contribution is -0.136. The first-order valence-corrected chi connectivity index (χ1v) is 4.43. The van der Waals surface area contributed by atoms with E-state index in [0.29, 0.717) is 0 Å². The number of carboxylic acid groups (broad SMARTS) is 1. The van der Waals surface area contributed by atoms with Crippen molar-refractivity contribution < 1.29 is 19.1 Å². The van der Waals surface area contributed by atoms with Crippen LogP contribution >= 0.6 is 0 Å². The first kappa shape index (κ1) is 12.9. The molecule has 0 saturated heterocycles. The third kappa shape index (κ3) is 2.97. The van der Waals surface area contributed by atoms with Crippen molar-refractivity contribution in [3.63, 3.8) is 0 Å². The van der Waals surface area contributed by atoms with Crippen LogP contribution in [0.3, 0.4) is 0 Å². The summed E-state index contributed by atoms with van der Waals surface area (Å²) in [6, 6.07) is -2.81. The summed E-state index contributed by atoms with van der Waals surface area (Å²) in [5, 5.41) is 8.87. The van der Waals surface area contributed by atoms with Crippen molar-refractivity contribution in [2.75, 3.05) is 0 Å². The predicted molar refractivity (Wildman–Crippen MR) is 49.8 cm³/mol. The Morgan fingerprint density at radius 3 is 1.93 bits per heavy atom. The molecule has 0 aromatic carbocycles. The van der Waals surface area contributed by atoms with Gasteiger partial charge in [-0.2, -0.15) is 4.39 Å². The summed E-state index contributed by atoms with van der Waals surface area (Å²) in [5.41, 5.74) is -0.783. The highest BCUT2D eigenvalue weighted by Gasteiger charge is 2.36. The van der Waals surface area contributed by atoms with Crippen LogP contribution in [0.1, 0.15) is 34.1 Å². The highest BCUT2D eigenvalue weighted by Crippen LogP contribution is 2.20. The largest absolute Gasteiger partial charge is 0.465 e. The molecule has 0 saturated carbocycles. The topological polar surface area (TPSA) is 57.6 Å². The summed E-state index contributed by atoms with van der Waals surface area (Å²) >= 11 is 0. The summed E-state index contributed by atoms with van der Waals surface area (Å²) in [5.74, 6) is 0. The zero-order chi connectivity index (χ0) is 11.5. The molecular formula is C9H16FNO3. The fraction of sp³-hybridized carbons (Fsp3) is 0.778. The molecular weight excluding hydrogens is 189 g/mol. The molecule has 0 aliphatic carbocycles. The average Bonchev–Trinajstić information content (AvgIpc) is 1.95. The van der Waals surface area contributed by atoms with Crippen molar-refractivity contribution in [1.29, 1.82) is 0 Å². The SMILES string of the molecule is CCC(C(=O)F)N(C(=O)O)C(C)(C)C. The van der Waals surface area contributed by atoms with E-state index in [4.69, 9.17) is 5.11 Å². The monoisotopic (exact) mass is 205 g/mol. The van der Waals surface area contributed by atoms with Crippen LogP contribution in [0, 0.1) is 0 Å². The van der Waals surface area contributed by atoms with Gasteiger partial charge < -0.3 is 5.11 Å². The molecule has 0 aliphatic heterocycles. The fourth-order valence-corrected chi connectivity index (χ4v) is 1.33. The van der Waals surface area contributed by atoms with Crippen molar-refractivity contribution >= 4 is 12.1 Å². The van der Waals surface area contributed by atoms with Crippen molar-refractivity contribution in [3.8, 4) is 0 Å². The summed E-state index contributed by atoms with van der Waals surface area (Å²) in [7, 11) is 0. The molecule has 0 bridgehead atoms. The first-order valence-electron chi connectivity index (χ1n) is 4.43. The van der Waals surface area contributed by atoms with Crippen LogP contribution in [-0.2, 0) is 4.79 Å². The average molecular weight is 205 g/mol. The molecule has 1 amide bonds. The van der Waals surface area contributed by atoms with Crippen LogP contribution in [0.5, 0.6) is 0 Å². The van der Waals surface area contributed by atoms with Gasteiger partial charge in [-0.1, -0.05) is 6.92 Å². The fourth-order valence-electron chi connectivity index (χ4n) is 1.33. The maximum Gasteiger partial charge on any atom is 0.408 e. The van der Waals surface area contributed by atoms with Gasteiger partial charge in [0, 0.05) is 5.54 Å². The molecule has 0 rings (SSSR count). The number of hydrogen-bond donors (Lipinski definition) is 1. The van der Waals surface area contributed by atoms with Crippen LogP contribution in [0.25, 0.3) is 0 Å². The summed E-state index contributed by atoms with van der Waals surface area (Å²) < 4.78 is 12.6. The zero-order valence-corrected chi connectivity index (χ0v) is 8.87. The van der Waals surface area contributed by atoms with Crippen molar-refractivity contribution in [3.05, 3.63) is 0 Å². The number of rotatable bonds is 3. The number of carbonyl (C=O) groups excluding carboxylic acids is 1. The lowest BCUT2D eigenvalue weighted by atomic mass is 10.0. The highest BCUT2D eigenvalue weighted by molar-refractivity contribution is 5.80. The van der Waals surface area contributed by atoms with Gasteiger partial charge in [-0.25, -0.2) is 4.79 Å². The zero-order valence-electron chi connectivity index (χ0n) is 8.87. The second-order valence-electron chi connectivity index (χ2n) is 4.05. The smallest absolute Gasteiger partial charge is 0.408 e. The predicted octanol–water partition coefficient (Wildman–Crippen LogP) is 2.04. The molecule has 0 radical (unpaired) electrons. The molecule has 0 fully saturated rings. The second kappa shape index (κ2) is 4.39. The van der Waals surface area contributed by atoms with Gasteiger partial charge in [-0.15, -0.1) is 0 Å². The third-order valence-corrected chi connectivity index (χ3v) is 1.89. The number of halogens is 1. The van der Waals surface area contributed by atoms with E-state index < -0.39 is 23.7 Å². The second-order valence-corrected chi connectivity index (χ2v) is 4.05. The summed E-state index contributed by atoms with van der Waals surface area (Å²) in [6.07, 6.45) is -1.14. The Bertz CT molecular complexity index is 235. The Hall–Kier alpha value is -1.13. The van der Waals surface area contributed by atoms with Crippen LogP contribution in [0.4, 0.5) is 9.18 Å². The van der Waals surface area contributed by atoms with E-state index in [-0.39, 0.29) is 6.42 Å². The van der Waals surface area contributed by atoms with E-state index in [9.17, 15) is 14.0 Å². The number of carbonyl (C=O) groups is 2. The van der Waals surface area contributed by atoms with E-state index in [1.807, 2.05) is 0 Å². The lowest BCUT2D eigenvalue weighted by Gasteiger charge is -2.36. The summed E-state index contributed by atoms with van der Waals surface area (Å²) in [6.45, 7) is 6.43. The molecule has 1 atom stereocenters. The Labute approximate surface area is 82.7 Å². The Kier molecular flexibility index (Phi) is 4.04. The van der Waals surface area contributed by atoms with Gasteiger partial charge in [0.2, 0.25) is 0 Å². The van der Waals surface area contributed by atoms with Crippen molar-refractivity contribution in [2.45, 2.75) is 45.7 Å². The van der Waals surface area contributed by atoms with Gasteiger partial charge >= 0.3 is 12.1 Å². The molecule has 1 unspecified atom stereocenters. The summed E-state index contributed by atoms with van der Waals surface area (Å²) in [4.78, 5) is 22.3. The number of hydrogen-bond acceptors (Lipinski definition) is 2. The molecule has 0 heterocycles. The maximum absolute atomic E-state index is 12.6. The lowest BCUT2D eigenvalue weighted by Crippen LogP contribution is -2.53. The minimum atomic E-state index is -1.61.